The van der Waals surface area contributed by atoms with Crippen molar-refractivity contribution in [2.24, 2.45) is 0 Å². The molecule has 1 amide bonds. The summed E-state index contributed by atoms with van der Waals surface area (Å²) in [4.78, 5) is 12.9. The van der Waals surface area contributed by atoms with Gasteiger partial charge in [0.05, 0.1) is 11.2 Å². The number of allylic oxidation sites excluding steroid dienone is 2. The predicted octanol–water partition coefficient (Wildman–Crippen LogP) is 3.45. The Kier molecular flexibility index (Phi) is 5.14. The SMILES string of the molecule is O=C1/C(=C\C=C\c2ccco2)SC(=S)N1NCc1ccccc1O. The van der Waals surface area contributed by atoms with Gasteiger partial charge in [-0.1, -0.05) is 48.3 Å². The number of carbonyl (C=O) groups is 1. The van der Waals surface area contributed by atoms with Gasteiger partial charge < -0.3 is 9.52 Å². The molecule has 1 aliphatic rings. The Bertz CT molecular complexity index is 813. The topological polar surface area (TPSA) is 65.7 Å². The van der Waals surface area contributed by atoms with Crippen molar-refractivity contribution in [3.05, 3.63) is 71.0 Å². The number of hydrogen-bond acceptors (Lipinski definition) is 6. The molecule has 0 aliphatic carbocycles. The minimum absolute atomic E-state index is 0.173. The van der Waals surface area contributed by atoms with Gasteiger partial charge in [-0.2, -0.15) is 0 Å². The van der Waals surface area contributed by atoms with Gasteiger partial charge in [-0.3, -0.25) is 4.79 Å². The Balaban J connectivity index is 1.64. The zero-order valence-corrected chi connectivity index (χ0v) is 14.1. The van der Waals surface area contributed by atoms with E-state index in [0.29, 0.717) is 27.1 Å². The Labute approximate surface area is 148 Å². The zero-order valence-electron chi connectivity index (χ0n) is 12.5. The third-order valence-electron chi connectivity index (χ3n) is 3.26. The van der Waals surface area contributed by atoms with Crippen molar-refractivity contribution in [3.8, 4) is 5.75 Å². The van der Waals surface area contributed by atoms with Crippen LogP contribution in [0.2, 0.25) is 0 Å². The summed E-state index contributed by atoms with van der Waals surface area (Å²) >= 11 is 6.45. The lowest BCUT2D eigenvalue weighted by Gasteiger charge is -2.16. The molecule has 0 atom stereocenters. The van der Waals surface area contributed by atoms with E-state index in [1.54, 1.807) is 48.8 Å². The van der Waals surface area contributed by atoms with E-state index in [9.17, 15) is 9.90 Å². The first kappa shape index (κ1) is 16.5. The highest BCUT2D eigenvalue weighted by Crippen LogP contribution is 2.30. The van der Waals surface area contributed by atoms with Crippen molar-refractivity contribution >= 4 is 40.3 Å². The van der Waals surface area contributed by atoms with Gasteiger partial charge in [0.15, 0.2) is 4.32 Å². The maximum Gasteiger partial charge on any atom is 0.280 e. The summed E-state index contributed by atoms with van der Waals surface area (Å²) in [5.41, 5.74) is 3.64. The van der Waals surface area contributed by atoms with E-state index in [4.69, 9.17) is 16.6 Å². The van der Waals surface area contributed by atoms with Crippen LogP contribution in [-0.2, 0) is 11.3 Å². The number of thioether (sulfide) groups is 1. The summed E-state index contributed by atoms with van der Waals surface area (Å²) < 4.78 is 5.61. The largest absolute Gasteiger partial charge is 0.508 e. The second-order valence-electron chi connectivity index (χ2n) is 4.88. The van der Waals surface area contributed by atoms with Crippen molar-refractivity contribution in [3.63, 3.8) is 0 Å². The van der Waals surface area contributed by atoms with E-state index >= 15 is 0 Å². The minimum atomic E-state index is -0.218. The number of hydrazine groups is 1. The average Bonchev–Trinajstić information content (AvgIpc) is 3.17. The van der Waals surface area contributed by atoms with Crippen LogP contribution >= 0.6 is 24.0 Å². The first-order valence-corrected chi connectivity index (χ1v) is 8.36. The molecule has 1 fully saturated rings. The maximum atomic E-state index is 12.4. The van der Waals surface area contributed by atoms with E-state index in [0.717, 1.165) is 0 Å². The number of aromatic hydroxyl groups is 1. The molecule has 2 aromatic rings. The van der Waals surface area contributed by atoms with E-state index in [1.807, 2.05) is 12.1 Å². The average molecular weight is 358 g/mol. The smallest absolute Gasteiger partial charge is 0.280 e. The molecule has 1 aromatic heterocycles. The fourth-order valence-corrected chi connectivity index (χ4v) is 3.23. The molecule has 2 N–H and O–H groups in total. The summed E-state index contributed by atoms with van der Waals surface area (Å²) in [6.07, 6.45) is 6.79. The van der Waals surface area contributed by atoms with Gasteiger partial charge in [-0.05, 0) is 30.4 Å². The van der Waals surface area contributed by atoms with Crippen LogP contribution in [0.15, 0.2) is 64.1 Å². The number of furan rings is 1. The monoisotopic (exact) mass is 358 g/mol. The summed E-state index contributed by atoms with van der Waals surface area (Å²) in [6, 6.07) is 10.6. The molecule has 0 saturated carbocycles. The second kappa shape index (κ2) is 7.48. The van der Waals surface area contributed by atoms with Gasteiger partial charge in [-0.25, -0.2) is 10.4 Å². The van der Waals surface area contributed by atoms with Gasteiger partial charge in [-0.15, -0.1) is 0 Å². The fourth-order valence-electron chi connectivity index (χ4n) is 2.06. The normalized spacial score (nSPS) is 16.7. The van der Waals surface area contributed by atoms with Gasteiger partial charge in [0.25, 0.3) is 5.91 Å². The number of benzene rings is 1. The molecule has 1 saturated heterocycles. The first-order valence-electron chi connectivity index (χ1n) is 7.13. The highest BCUT2D eigenvalue weighted by molar-refractivity contribution is 8.26. The highest BCUT2D eigenvalue weighted by Gasteiger charge is 2.31. The highest BCUT2D eigenvalue weighted by atomic mass is 32.2. The standard InChI is InChI=1S/C17H14N2O3S2/c20-14-8-2-1-5-12(14)11-18-19-16(21)15(24-17(19)23)9-3-6-13-7-4-10-22-13/h1-10,18,20H,11H2/b6-3+,15-9+. The number of nitrogens with one attached hydrogen (secondary N) is 1. The van der Waals surface area contributed by atoms with Gasteiger partial charge in [0, 0.05) is 12.1 Å². The fraction of sp³-hybridized carbons (Fsp3) is 0.0588. The summed E-state index contributed by atoms with van der Waals surface area (Å²) in [5, 5.41) is 11.1. The number of para-hydroxylation sites is 1. The van der Waals surface area contributed by atoms with Gasteiger partial charge in [0.1, 0.15) is 11.5 Å². The molecular formula is C17H14N2O3S2. The molecule has 3 rings (SSSR count). The third kappa shape index (κ3) is 3.76. The number of nitrogens with zero attached hydrogens (tertiary/aromatic N) is 1. The van der Waals surface area contributed by atoms with Gasteiger partial charge in [0.2, 0.25) is 0 Å². The quantitative estimate of drug-likeness (QED) is 0.630. The summed E-state index contributed by atoms with van der Waals surface area (Å²) in [6.45, 7) is 0.300. The number of phenolic OH excluding ortho intramolecular Hbond substituents is 1. The Morgan fingerprint density at radius 1 is 1.29 bits per heavy atom. The molecule has 0 unspecified atom stereocenters. The van der Waals surface area contributed by atoms with Crippen LogP contribution in [-0.4, -0.2) is 20.3 Å². The number of thiocarbonyl (C=S) groups is 1. The van der Waals surface area contributed by atoms with Crippen LogP contribution in [0.4, 0.5) is 0 Å². The molecular weight excluding hydrogens is 344 g/mol. The Hall–Kier alpha value is -2.35. The first-order chi connectivity index (χ1) is 11.6. The Morgan fingerprint density at radius 2 is 2.12 bits per heavy atom. The van der Waals surface area contributed by atoms with Crippen LogP contribution < -0.4 is 5.43 Å². The van der Waals surface area contributed by atoms with E-state index in [2.05, 4.69) is 5.43 Å². The number of carbonyl (C=O) groups excluding carboxylic acids is 1. The maximum absolute atomic E-state index is 12.4. The van der Waals surface area contributed by atoms with E-state index in [1.165, 1.54) is 16.8 Å². The predicted molar refractivity (Wildman–Crippen MR) is 97.8 cm³/mol. The molecule has 122 valence electrons. The molecule has 2 heterocycles. The van der Waals surface area contributed by atoms with Crippen LogP contribution in [0.3, 0.4) is 0 Å². The molecule has 0 bridgehead atoms. The van der Waals surface area contributed by atoms with E-state index < -0.39 is 0 Å². The Morgan fingerprint density at radius 3 is 2.88 bits per heavy atom. The molecule has 0 radical (unpaired) electrons. The molecule has 1 aromatic carbocycles. The van der Waals surface area contributed by atoms with Crippen molar-refractivity contribution in [1.29, 1.82) is 0 Å². The number of amides is 1. The van der Waals surface area contributed by atoms with Crippen LogP contribution in [0.1, 0.15) is 11.3 Å². The number of phenols is 1. The molecule has 5 nitrogen and oxygen atoms in total. The van der Waals surface area contributed by atoms with Crippen LogP contribution in [0.5, 0.6) is 5.75 Å². The lowest BCUT2D eigenvalue weighted by Crippen LogP contribution is -2.40. The van der Waals surface area contributed by atoms with E-state index in [-0.39, 0.29) is 11.7 Å². The molecule has 1 aliphatic heterocycles. The van der Waals surface area contributed by atoms with Crippen molar-refractivity contribution in [2.45, 2.75) is 6.54 Å². The van der Waals surface area contributed by atoms with Crippen molar-refractivity contribution in [2.75, 3.05) is 0 Å². The third-order valence-corrected chi connectivity index (χ3v) is 4.58. The summed E-state index contributed by atoms with van der Waals surface area (Å²) in [5.74, 6) is 0.663. The molecule has 24 heavy (non-hydrogen) atoms. The number of hydrogen-bond donors (Lipinski definition) is 2. The van der Waals surface area contributed by atoms with Crippen LogP contribution in [0.25, 0.3) is 6.08 Å². The lowest BCUT2D eigenvalue weighted by molar-refractivity contribution is -0.124. The van der Waals surface area contributed by atoms with Crippen LogP contribution in [0, 0.1) is 0 Å². The van der Waals surface area contributed by atoms with Crippen molar-refractivity contribution < 1.29 is 14.3 Å². The zero-order chi connectivity index (χ0) is 16.9. The van der Waals surface area contributed by atoms with Gasteiger partial charge >= 0.3 is 0 Å². The number of rotatable bonds is 5. The second-order valence-corrected chi connectivity index (χ2v) is 6.55. The summed E-state index contributed by atoms with van der Waals surface area (Å²) in [7, 11) is 0. The molecule has 0 spiro atoms. The lowest BCUT2D eigenvalue weighted by atomic mass is 10.2. The molecule has 7 heteroatoms. The minimum Gasteiger partial charge on any atom is -0.508 e. The van der Waals surface area contributed by atoms with Crippen molar-refractivity contribution in [1.82, 2.24) is 10.4 Å².